The van der Waals surface area contributed by atoms with Gasteiger partial charge in [0, 0.05) is 10.5 Å². The third-order valence-corrected chi connectivity index (χ3v) is 4.39. The topological polar surface area (TPSA) is 26.0 Å². The number of nitrogens with two attached hydrogens (primary N) is 1. The predicted molar refractivity (Wildman–Crippen MR) is 72.3 cm³/mol. The second-order valence-corrected chi connectivity index (χ2v) is 5.98. The second kappa shape index (κ2) is 5.33. The average molecular weight is 282 g/mol. The standard InChI is InChI=1S/C14H20BrN/c1-10-3-2-4-13(10)14(16)9-11-5-7-12(15)8-6-11/h5-8,10,13-14H,2-4,9,16H2,1H3. The van der Waals surface area contributed by atoms with Crippen molar-refractivity contribution >= 4 is 15.9 Å². The van der Waals surface area contributed by atoms with Gasteiger partial charge in [-0.1, -0.05) is 47.8 Å². The normalized spacial score (nSPS) is 26.9. The van der Waals surface area contributed by atoms with Crippen LogP contribution in [-0.2, 0) is 6.42 Å². The highest BCUT2D eigenvalue weighted by Crippen LogP contribution is 2.33. The second-order valence-electron chi connectivity index (χ2n) is 5.07. The fourth-order valence-electron chi connectivity index (χ4n) is 2.85. The predicted octanol–water partition coefficient (Wildman–Crippen LogP) is 3.76. The van der Waals surface area contributed by atoms with Crippen molar-refractivity contribution in [1.29, 1.82) is 0 Å². The zero-order valence-corrected chi connectivity index (χ0v) is 11.4. The Kier molecular flexibility index (Phi) is 4.04. The summed E-state index contributed by atoms with van der Waals surface area (Å²) >= 11 is 3.46. The summed E-state index contributed by atoms with van der Waals surface area (Å²) in [5, 5.41) is 0. The van der Waals surface area contributed by atoms with Gasteiger partial charge in [0.25, 0.3) is 0 Å². The molecule has 2 rings (SSSR count). The minimum absolute atomic E-state index is 0.332. The lowest BCUT2D eigenvalue weighted by Gasteiger charge is -2.23. The van der Waals surface area contributed by atoms with E-state index in [-0.39, 0.29) is 0 Å². The van der Waals surface area contributed by atoms with Crippen molar-refractivity contribution in [2.24, 2.45) is 17.6 Å². The molecule has 1 nitrogen and oxygen atoms in total. The van der Waals surface area contributed by atoms with E-state index < -0.39 is 0 Å². The molecule has 88 valence electrons. The van der Waals surface area contributed by atoms with Gasteiger partial charge in [-0.2, -0.15) is 0 Å². The van der Waals surface area contributed by atoms with Gasteiger partial charge in [-0.25, -0.2) is 0 Å². The van der Waals surface area contributed by atoms with Crippen LogP contribution >= 0.6 is 15.9 Å². The third kappa shape index (κ3) is 2.86. The molecule has 0 saturated heterocycles. The highest BCUT2D eigenvalue weighted by Gasteiger charge is 2.28. The van der Waals surface area contributed by atoms with E-state index in [9.17, 15) is 0 Å². The van der Waals surface area contributed by atoms with Gasteiger partial charge < -0.3 is 5.73 Å². The van der Waals surface area contributed by atoms with Gasteiger partial charge in [-0.15, -0.1) is 0 Å². The SMILES string of the molecule is CC1CCCC1C(N)Cc1ccc(Br)cc1. The Labute approximate surface area is 107 Å². The van der Waals surface area contributed by atoms with Crippen molar-refractivity contribution < 1.29 is 0 Å². The molecule has 0 heterocycles. The number of rotatable bonds is 3. The van der Waals surface area contributed by atoms with Crippen molar-refractivity contribution in [3.63, 3.8) is 0 Å². The van der Waals surface area contributed by atoms with Gasteiger partial charge in [-0.05, 0) is 42.4 Å². The fourth-order valence-corrected chi connectivity index (χ4v) is 3.12. The zero-order valence-electron chi connectivity index (χ0n) is 9.83. The maximum absolute atomic E-state index is 6.33. The van der Waals surface area contributed by atoms with Crippen LogP contribution in [0.4, 0.5) is 0 Å². The van der Waals surface area contributed by atoms with E-state index in [1.54, 1.807) is 0 Å². The lowest BCUT2D eigenvalue weighted by atomic mass is 9.87. The average Bonchev–Trinajstić information content (AvgIpc) is 2.68. The molecule has 1 aromatic carbocycles. The van der Waals surface area contributed by atoms with Crippen molar-refractivity contribution in [2.75, 3.05) is 0 Å². The summed E-state index contributed by atoms with van der Waals surface area (Å²) in [5.74, 6) is 1.54. The van der Waals surface area contributed by atoms with E-state index in [4.69, 9.17) is 5.73 Å². The first-order valence-corrected chi connectivity index (χ1v) is 6.96. The Hall–Kier alpha value is -0.340. The quantitative estimate of drug-likeness (QED) is 0.897. The number of halogens is 1. The van der Waals surface area contributed by atoms with Crippen LogP contribution in [0.25, 0.3) is 0 Å². The molecule has 2 heteroatoms. The largest absolute Gasteiger partial charge is 0.327 e. The fraction of sp³-hybridized carbons (Fsp3) is 0.571. The van der Waals surface area contributed by atoms with Gasteiger partial charge in [0.15, 0.2) is 0 Å². The molecule has 0 radical (unpaired) electrons. The van der Waals surface area contributed by atoms with Gasteiger partial charge >= 0.3 is 0 Å². The Bertz CT molecular complexity index is 333. The molecule has 0 spiro atoms. The molecule has 2 N–H and O–H groups in total. The Morgan fingerprint density at radius 3 is 2.56 bits per heavy atom. The summed E-state index contributed by atoms with van der Waals surface area (Å²) in [6.45, 7) is 2.35. The van der Waals surface area contributed by atoms with Crippen molar-refractivity contribution in [3.8, 4) is 0 Å². The highest BCUT2D eigenvalue weighted by molar-refractivity contribution is 9.10. The Balaban J connectivity index is 1.96. The monoisotopic (exact) mass is 281 g/mol. The smallest absolute Gasteiger partial charge is 0.0175 e. The minimum atomic E-state index is 0.332. The van der Waals surface area contributed by atoms with E-state index in [0.29, 0.717) is 6.04 Å². The van der Waals surface area contributed by atoms with Gasteiger partial charge in [0.1, 0.15) is 0 Å². The summed E-state index contributed by atoms with van der Waals surface area (Å²) in [6, 6.07) is 8.87. The molecule has 3 atom stereocenters. The molecule has 16 heavy (non-hydrogen) atoms. The zero-order chi connectivity index (χ0) is 11.5. The van der Waals surface area contributed by atoms with Crippen LogP contribution in [0.15, 0.2) is 28.7 Å². The highest BCUT2D eigenvalue weighted by atomic mass is 79.9. The molecule has 1 fully saturated rings. The Morgan fingerprint density at radius 1 is 1.31 bits per heavy atom. The molecule has 1 aliphatic rings. The molecule has 0 bridgehead atoms. The lowest BCUT2D eigenvalue weighted by molar-refractivity contribution is 0.343. The Morgan fingerprint density at radius 2 is 2.00 bits per heavy atom. The van der Waals surface area contributed by atoms with Crippen molar-refractivity contribution in [2.45, 2.75) is 38.6 Å². The van der Waals surface area contributed by atoms with Crippen LogP contribution in [0.1, 0.15) is 31.7 Å². The maximum Gasteiger partial charge on any atom is 0.0175 e. The summed E-state index contributed by atoms with van der Waals surface area (Å²) in [6.07, 6.45) is 5.06. The molecule has 1 saturated carbocycles. The van der Waals surface area contributed by atoms with Gasteiger partial charge in [0.2, 0.25) is 0 Å². The minimum Gasteiger partial charge on any atom is -0.327 e. The van der Waals surface area contributed by atoms with Crippen LogP contribution in [-0.4, -0.2) is 6.04 Å². The number of benzene rings is 1. The van der Waals surface area contributed by atoms with Crippen LogP contribution in [0.2, 0.25) is 0 Å². The first kappa shape index (κ1) is 12.1. The first-order valence-electron chi connectivity index (χ1n) is 6.17. The third-order valence-electron chi connectivity index (χ3n) is 3.86. The summed E-state index contributed by atoms with van der Waals surface area (Å²) in [4.78, 5) is 0. The van der Waals surface area contributed by atoms with Crippen molar-refractivity contribution in [3.05, 3.63) is 34.3 Å². The van der Waals surface area contributed by atoms with Gasteiger partial charge in [-0.3, -0.25) is 0 Å². The molecule has 0 aliphatic heterocycles. The van der Waals surface area contributed by atoms with E-state index in [1.807, 2.05) is 0 Å². The van der Waals surface area contributed by atoms with E-state index in [0.717, 1.165) is 22.7 Å². The maximum atomic E-state index is 6.33. The number of hydrogen-bond donors (Lipinski definition) is 1. The van der Waals surface area contributed by atoms with E-state index >= 15 is 0 Å². The molecule has 0 aromatic heterocycles. The van der Waals surface area contributed by atoms with Crippen LogP contribution in [0.5, 0.6) is 0 Å². The van der Waals surface area contributed by atoms with E-state index in [2.05, 4.69) is 47.1 Å². The summed E-state index contributed by atoms with van der Waals surface area (Å²) in [7, 11) is 0. The molecular formula is C14H20BrN. The summed E-state index contributed by atoms with van der Waals surface area (Å²) < 4.78 is 1.14. The van der Waals surface area contributed by atoms with Crippen LogP contribution < -0.4 is 5.73 Å². The van der Waals surface area contributed by atoms with Crippen LogP contribution in [0, 0.1) is 11.8 Å². The lowest BCUT2D eigenvalue weighted by Crippen LogP contribution is -2.33. The molecule has 3 unspecified atom stereocenters. The molecule has 1 aliphatic carbocycles. The summed E-state index contributed by atoms with van der Waals surface area (Å²) in [5.41, 5.74) is 7.68. The number of hydrogen-bond acceptors (Lipinski definition) is 1. The molecular weight excluding hydrogens is 262 g/mol. The van der Waals surface area contributed by atoms with E-state index in [1.165, 1.54) is 24.8 Å². The first-order chi connectivity index (χ1) is 7.66. The molecule has 0 amide bonds. The van der Waals surface area contributed by atoms with Crippen molar-refractivity contribution in [1.82, 2.24) is 0 Å². The van der Waals surface area contributed by atoms with Gasteiger partial charge in [0.05, 0.1) is 0 Å². The molecule has 1 aromatic rings. The van der Waals surface area contributed by atoms with Crippen LogP contribution in [0.3, 0.4) is 0 Å².